The predicted molar refractivity (Wildman–Crippen MR) is 99.4 cm³/mol. The van der Waals surface area contributed by atoms with E-state index in [1.165, 1.54) is 34.6 Å². The summed E-state index contributed by atoms with van der Waals surface area (Å²) in [5, 5.41) is 0. The lowest BCUT2D eigenvalue weighted by Crippen LogP contribution is -2.30. The number of nitrogens with one attached hydrogen (secondary N) is 1. The van der Waals surface area contributed by atoms with Crippen LogP contribution in [-0.4, -0.2) is 34.2 Å². The fraction of sp³-hybridized carbons (Fsp3) is 0.286. The summed E-state index contributed by atoms with van der Waals surface area (Å²) in [7, 11) is -7.25. The Hall–Kier alpha value is -0.940. The lowest BCUT2D eigenvalue weighted by Gasteiger charge is -2.18. The van der Waals surface area contributed by atoms with Crippen molar-refractivity contribution in [3.8, 4) is 0 Å². The number of halogens is 1. The first-order valence-electron chi connectivity index (χ1n) is 7.09. The van der Waals surface area contributed by atoms with E-state index in [1.54, 1.807) is 19.9 Å². The molecule has 0 aliphatic heterocycles. The van der Waals surface area contributed by atoms with E-state index >= 15 is 0 Å². The van der Waals surface area contributed by atoms with Gasteiger partial charge in [-0.05, 0) is 52.3 Å². The van der Waals surface area contributed by atoms with Crippen LogP contribution < -0.4 is 4.72 Å². The fourth-order valence-electron chi connectivity index (χ4n) is 2.06. The van der Waals surface area contributed by atoms with Crippen molar-refractivity contribution < 1.29 is 16.8 Å². The van der Waals surface area contributed by atoms with Crippen LogP contribution >= 0.6 is 27.3 Å². The van der Waals surface area contributed by atoms with Gasteiger partial charge in [0.05, 0.1) is 8.68 Å². The second-order valence-electron chi connectivity index (χ2n) is 4.78. The van der Waals surface area contributed by atoms with Gasteiger partial charge in [0.15, 0.2) is 0 Å². The van der Waals surface area contributed by atoms with E-state index in [4.69, 9.17) is 0 Å². The Balaban J connectivity index is 2.24. The summed E-state index contributed by atoms with van der Waals surface area (Å²) in [5.41, 5.74) is 0.304. The van der Waals surface area contributed by atoms with Crippen LogP contribution in [0.5, 0.6) is 0 Å². The maximum Gasteiger partial charge on any atom is 0.271 e. The monoisotopic (exact) mass is 452 g/mol. The van der Waals surface area contributed by atoms with Crippen molar-refractivity contribution in [1.29, 1.82) is 0 Å². The van der Waals surface area contributed by atoms with E-state index in [2.05, 4.69) is 20.7 Å². The smallest absolute Gasteiger partial charge is 0.271 e. The highest BCUT2D eigenvalue weighted by molar-refractivity contribution is 9.11. The number of hydrogen-bond donors (Lipinski definition) is 1. The van der Waals surface area contributed by atoms with Gasteiger partial charge in [-0.25, -0.2) is 16.8 Å². The van der Waals surface area contributed by atoms with Gasteiger partial charge in [0.1, 0.15) is 4.21 Å². The molecule has 1 aromatic carbocycles. The average molecular weight is 453 g/mol. The highest BCUT2D eigenvalue weighted by Crippen LogP contribution is 2.28. The van der Waals surface area contributed by atoms with Crippen LogP contribution in [0, 0.1) is 0 Å². The fourth-order valence-corrected chi connectivity index (χ4v) is 6.58. The van der Waals surface area contributed by atoms with Crippen LogP contribution in [0.15, 0.2) is 49.3 Å². The Morgan fingerprint density at radius 3 is 2.04 bits per heavy atom. The van der Waals surface area contributed by atoms with Crippen molar-refractivity contribution >= 4 is 53.0 Å². The summed E-state index contributed by atoms with van der Waals surface area (Å²) in [6.45, 7) is 4.28. The van der Waals surface area contributed by atoms with Crippen LogP contribution in [-0.2, 0) is 20.0 Å². The highest BCUT2D eigenvalue weighted by Gasteiger charge is 2.22. The van der Waals surface area contributed by atoms with Gasteiger partial charge in [0.2, 0.25) is 10.0 Å². The first-order chi connectivity index (χ1) is 11.2. The first kappa shape index (κ1) is 19.4. The number of thiophene rings is 1. The van der Waals surface area contributed by atoms with Crippen molar-refractivity contribution in [3.05, 3.63) is 40.2 Å². The summed E-state index contributed by atoms with van der Waals surface area (Å²) in [5.74, 6) is 0. The van der Waals surface area contributed by atoms with Crippen molar-refractivity contribution in [1.82, 2.24) is 4.31 Å². The highest BCUT2D eigenvalue weighted by atomic mass is 79.9. The minimum atomic E-state index is -3.69. The van der Waals surface area contributed by atoms with Crippen LogP contribution in [0.4, 0.5) is 5.69 Å². The minimum absolute atomic E-state index is 0.132. The van der Waals surface area contributed by atoms with Gasteiger partial charge in [-0.15, -0.1) is 11.3 Å². The van der Waals surface area contributed by atoms with Gasteiger partial charge in [-0.2, -0.15) is 4.31 Å². The molecule has 132 valence electrons. The number of sulfonamides is 2. The van der Waals surface area contributed by atoms with Gasteiger partial charge < -0.3 is 0 Å². The largest absolute Gasteiger partial charge is 0.279 e. The SMILES string of the molecule is CCN(CC)S(=O)(=O)c1ccc(NS(=O)(=O)c2ccc(Br)s2)cc1. The molecule has 0 aliphatic rings. The van der Waals surface area contributed by atoms with Gasteiger partial charge in [-0.3, -0.25) is 4.72 Å². The molecular weight excluding hydrogens is 436 g/mol. The van der Waals surface area contributed by atoms with Crippen molar-refractivity contribution in [3.63, 3.8) is 0 Å². The Bertz CT molecular complexity index is 902. The predicted octanol–water partition coefficient (Wildman–Crippen LogP) is 3.34. The molecule has 0 unspecified atom stereocenters. The molecule has 1 aromatic heterocycles. The van der Waals surface area contributed by atoms with Crippen LogP contribution in [0.25, 0.3) is 0 Å². The normalized spacial score (nSPS) is 12.5. The van der Waals surface area contributed by atoms with Gasteiger partial charge in [-0.1, -0.05) is 13.8 Å². The van der Waals surface area contributed by atoms with E-state index in [0.717, 1.165) is 11.3 Å². The molecular formula is C14H17BrN2O4S3. The molecule has 6 nitrogen and oxygen atoms in total. The van der Waals surface area contributed by atoms with Gasteiger partial charge >= 0.3 is 0 Å². The standard InChI is InChI=1S/C14H17BrN2O4S3/c1-3-17(4-2)24(20,21)12-7-5-11(6-8-12)16-23(18,19)14-10-9-13(15)22-14/h5-10,16H,3-4H2,1-2H3. The molecule has 2 rings (SSSR count). The van der Waals surface area contributed by atoms with Crippen LogP contribution in [0.1, 0.15) is 13.8 Å². The molecule has 0 fully saturated rings. The molecule has 0 saturated carbocycles. The Labute approximate surface area is 154 Å². The first-order valence-corrected chi connectivity index (χ1v) is 11.6. The number of hydrogen-bond acceptors (Lipinski definition) is 5. The summed E-state index contributed by atoms with van der Waals surface area (Å²) in [6, 6.07) is 8.83. The molecule has 0 atom stereocenters. The maximum atomic E-state index is 12.4. The molecule has 1 N–H and O–H groups in total. The lowest BCUT2D eigenvalue weighted by atomic mass is 10.3. The third-order valence-corrected chi connectivity index (χ3v) is 8.82. The Morgan fingerprint density at radius 2 is 1.58 bits per heavy atom. The maximum absolute atomic E-state index is 12.4. The quantitative estimate of drug-likeness (QED) is 0.697. The third kappa shape index (κ3) is 4.17. The average Bonchev–Trinajstić information content (AvgIpc) is 2.96. The zero-order chi connectivity index (χ0) is 18.0. The van der Waals surface area contributed by atoms with Crippen LogP contribution in [0.2, 0.25) is 0 Å². The molecule has 0 bridgehead atoms. The molecule has 0 spiro atoms. The summed E-state index contributed by atoms with van der Waals surface area (Å²) >= 11 is 4.32. The molecule has 1 heterocycles. The number of nitrogens with zero attached hydrogens (tertiary/aromatic N) is 1. The summed E-state index contributed by atoms with van der Waals surface area (Å²) < 4.78 is 54.0. The van der Waals surface area contributed by atoms with Crippen molar-refractivity contribution in [2.24, 2.45) is 0 Å². The van der Waals surface area contributed by atoms with Crippen molar-refractivity contribution in [2.45, 2.75) is 23.0 Å². The van der Waals surface area contributed by atoms with Crippen LogP contribution in [0.3, 0.4) is 0 Å². The van der Waals surface area contributed by atoms with E-state index in [-0.39, 0.29) is 9.10 Å². The van der Waals surface area contributed by atoms with E-state index in [0.29, 0.717) is 22.6 Å². The minimum Gasteiger partial charge on any atom is -0.279 e. The molecule has 2 aromatic rings. The molecule has 0 saturated heterocycles. The second-order valence-corrected chi connectivity index (χ2v) is 11.1. The Kier molecular flexibility index (Phi) is 6.08. The van der Waals surface area contributed by atoms with E-state index in [1.807, 2.05) is 0 Å². The Morgan fingerprint density at radius 1 is 1.00 bits per heavy atom. The van der Waals surface area contributed by atoms with Gasteiger partial charge in [0.25, 0.3) is 10.0 Å². The number of anilines is 1. The van der Waals surface area contributed by atoms with Crippen molar-refractivity contribution in [2.75, 3.05) is 17.8 Å². The topological polar surface area (TPSA) is 83.6 Å². The van der Waals surface area contributed by atoms with E-state index in [9.17, 15) is 16.8 Å². The summed E-state index contributed by atoms with van der Waals surface area (Å²) in [4.78, 5) is 0.132. The zero-order valence-electron chi connectivity index (χ0n) is 13.1. The molecule has 0 aliphatic carbocycles. The third-order valence-electron chi connectivity index (χ3n) is 3.26. The number of benzene rings is 1. The molecule has 10 heteroatoms. The second kappa shape index (κ2) is 7.52. The lowest BCUT2D eigenvalue weighted by molar-refractivity contribution is 0.445. The molecule has 24 heavy (non-hydrogen) atoms. The molecule has 0 radical (unpaired) electrons. The number of rotatable bonds is 7. The summed E-state index contributed by atoms with van der Waals surface area (Å²) in [6.07, 6.45) is 0. The van der Waals surface area contributed by atoms with E-state index < -0.39 is 20.0 Å². The molecule has 0 amide bonds. The zero-order valence-corrected chi connectivity index (χ0v) is 17.1. The van der Waals surface area contributed by atoms with Gasteiger partial charge in [0, 0.05) is 18.8 Å².